The molecule has 0 fully saturated rings. The molecular weight excluding hydrogens is 346 g/mol. The third-order valence-corrected chi connectivity index (χ3v) is 4.70. The molecule has 0 radical (unpaired) electrons. The van der Waals surface area contributed by atoms with Crippen molar-refractivity contribution in [3.05, 3.63) is 71.4 Å². The Hall–Kier alpha value is -2.30. The number of rotatable bonds is 6. The maximum absolute atomic E-state index is 12.5. The van der Waals surface area contributed by atoms with Crippen LogP contribution in [0.1, 0.15) is 36.6 Å². The van der Waals surface area contributed by atoms with Crippen LogP contribution in [-0.2, 0) is 17.6 Å². The molecule has 138 valence electrons. The number of nitrogens with one attached hydrogen (secondary N) is 2. The number of para-hydroxylation sites is 1. The Balaban J connectivity index is 0.00000243. The number of hydrogen-bond donors (Lipinski definition) is 3. The van der Waals surface area contributed by atoms with E-state index >= 15 is 0 Å². The molecule has 3 aromatic rings. The fourth-order valence-electron chi connectivity index (χ4n) is 3.08. The number of hydrogen-bond acceptors (Lipinski definition) is 2. The molecule has 0 saturated carbocycles. The molecule has 1 aromatic heterocycles. The van der Waals surface area contributed by atoms with E-state index in [0.717, 1.165) is 28.5 Å². The number of carbonyl (C=O) groups excluding carboxylic acids is 1. The Labute approximate surface area is 160 Å². The number of fused-ring (bicyclic) bond motifs is 1. The van der Waals surface area contributed by atoms with Gasteiger partial charge in [-0.15, -0.1) is 12.4 Å². The molecule has 0 aliphatic rings. The van der Waals surface area contributed by atoms with Gasteiger partial charge in [-0.3, -0.25) is 4.79 Å². The normalized spacial score (nSPS) is 13.0. The first-order valence-electron chi connectivity index (χ1n) is 8.78. The van der Waals surface area contributed by atoms with E-state index < -0.39 is 6.04 Å². The summed E-state index contributed by atoms with van der Waals surface area (Å²) in [4.78, 5) is 15.7. The fourth-order valence-corrected chi connectivity index (χ4v) is 3.08. The number of amides is 1. The topological polar surface area (TPSA) is 70.9 Å². The molecule has 0 saturated heterocycles. The summed E-state index contributed by atoms with van der Waals surface area (Å²) in [6.07, 6.45) is 3.46. The minimum atomic E-state index is -0.573. The van der Waals surface area contributed by atoms with E-state index in [2.05, 4.69) is 41.5 Å². The number of nitrogens with two attached hydrogens (primary N) is 1. The molecule has 5 heteroatoms. The van der Waals surface area contributed by atoms with Crippen LogP contribution in [0.5, 0.6) is 0 Å². The summed E-state index contributed by atoms with van der Waals surface area (Å²) < 4.78 is 0. The van der Waals surface area contributed by atoms with Gasteiger partial charge in [-0.05, 0) is 42.5 Å². The molecule has 2 atom stereocenters. The van der Waals surface area contributed by atoms with Gasteiger partial charge in [0.05, 0.1) is 12.1 Å². The number of benzene rings is 2. The minimum absolute atomic E-state index is 0. The van der Waals surface area contributed by atoms with Crippen LogP contribution in [-0.4, -0.2) is 16.9 Å². The van der Waals surface area contributed by atoms with Crippen molar-refractivity contribution in [1.82, 2.24) is 10.3 Å². The number of aromatic amines is 1. The maximum Gasteiger partial charge on any atom is 0.237 e. The van der Waals surface area contributed by atoms with Gasteiger partial charge in [0.2, 0.25) is 5.91 Å². The van der Waals surface area contributed by atoms with Crippen LogP contribution in [0.3, 0.4) is 0 Å². The van der Waals surface area contributed by atoms with Crippen LogP contribution in [0, 0.1) is 0 Å². The van der Waals surface area contributed by atoms with E-state index in [1.807, 2.05) is 37.4 Å². The summed E-state index contributed by atoms with van der Waals surface area (Å²) in [5.74, 6) is -0.127. The van der Waals surface area contributed by atoms with Gasteiger partial charge < -0.3 is 16.0 Å². The molecular formula is C21H26ClN3O. The highest BCUT2D eigenvalue weighted by Gasteiger charge is 2.18. The molecule has 0 spiro atoms. The van der Waals surface area contributed by atoms with Gasteiger partial charge in [0.15, 0.2) is 0 Å². The summed E-state index contributed by atoms with van der Waals surface area (Å²) in [5.41, 5.74) is 10.7. The Kier molecular flexibility index (Phi) is 6.83. The Morgan fingerprint density at radius 3 is 2.54 bits per heavy atom. The molecule has 3 rings (SSSR count). The monoisotopic (exact) mass is 371 g/mol. The van der Waals surface area contributed by atoms with Gasteiger partial charge in [-0.2, -0.15) is 0 Å². The zero-order chi connectivity index (χ0) is 17.8. The Morgan fingerprint density at radius 2 is 1.85 bits per heavy atom. The van der Waals surface area contributed by atoms with Crippen LogP contribution in [0.15, 0.2) is 54.7 Å². The fraction of sp³-hybridized carbons (Fsp3) is 0.286. The number of H-pyrrole nitrogens is 1. The van der Waals surface area contributed by atoms with Crippen molar-refractivity contribution in [3.8, 4) is 0 Å². The zero-order valence-corrected chi connectivity index (χ0v) is 16.0. The third kappa shape index (κ3) is 4.45. The summed E-state index contributed by atoms with van der Waals surface area (Å²) in [7, 11) is 0. The average molecular weight is 372 g/mol. The van der Waals surface area contributed by atoms with Gasteiger partial charge in [0.1, 0.15) is 0 Å². The lowest BCUT2D eigenvalue weighted by atomic mass is 10.0. The van der Waals surface area contributed by atoms with Gasteiger partial charge in [-0.25, -0.2) is 0 Å². The van der Waals surface area contributed by atoms with Crippen molar-refractivity contribution in [2.75, 3.05) is 0 Å². The molecule has 4 N–H and O–H groups in total. The number of halogens is 1. The summed E-state index contributed by atoms with van der Waals surface area (Å²) in [6, 6.07) is 15.7. The molecule has 0 aliphatic heterocycles. The quantitative estimate of drug-likeness (QED) is 0.615. The van der Waals surface area contributed by atoms with Crippen molar-refractivity contribution < 1.29 is 4.79 Å². The predicted octanol–water partition coefficient (Wildman–Crippen LogP) is 3.90. The molecule has 1 heterocycles. The van der Waals surface area contributed by atoms with Gasteiger partial charge >= 0.3 is 0 Å². The standard InChI is InChI=1S/C21H25N3O.ClH/c1-3-15-8-10-16(11-9-15)14(2)24-21(25)19(22)12-17-13-23-20-7-5-4-6-18(17)20;/h4-11,13-14,19,23H,3,12,22H2,1-2H3,(H,24,25);1H/t14?,19-;/m0./s1. The molecule has 0 aliphatic carbocycles. The van der Waals surface area contributed by atoms with Gasteiger partial charge in [0, 0.05) is 17.1 Å². The highest BCUT2D eigenvalue weighted by molar-refractivity contribution is 5.86. The van der Waals surface area contributed by atoms with Gasteiger partial charge in [0.25, 0.3) is 0 Å². The van der Waals surface area contributed by atoms with Crippen molar-refractivity contribution in [1.29, 1.82) is 0 Å². The highest BCUT2D eigenvalue weighted by Crippen LogP contribution is 2.19. The largest absolute Gasteiger partial charge is 0.361 e. The Bertz CT molecular complexity index is 857. The van der Waals surface area contributed by atoms with Crippen molar-refractivity contribution in [2.24, 2.45) is 5.73 Å². The SMILES string of the molecule is CCc1ccc(C(C)NC(=O)[C@@H](N)Cc2c[nH]c3ccccc23)cc1.Cl. The van der Waals surface area contributed by atoms with Crippen LogP contribution < -0.4 is 11.1 Å². The maximum atomic E-state index is 12.5. The molecule has 0 bridgehead atoms. The summed E-state index contributed by atoms with van der Waals surface area (Å²) in [5, 5.41) is 4.14. The smallest absolute Gasteiger partial charge is 0.237 e. The molecule has 1 amide bonds. The molecule has 26 heavy (non-hydrogen) atoms. The van der Waals surface area contributed by atoms with Gasteiger partial charge in [-0.1, -0.05) is 49.4 Å². The van der Waals surface area contributed by atoms with E-state index in [0.29, 0.717) is 6.42 Å². The third-order valence-electron chi connectivity index (χ3n) is 4.70. The second kappa shape index (κ2) is 8.88. The molecule has 1 unspecified atom stereocenters. The minimum Gasteiger partial charge on any atom is -0.361 e. The lowest BCUT2D eigenvalue weighted by Gasteiger charge is -2.18. The molecule has 4 nitrogen and oxygen atoms in total. The van der Waals surface area contributed by atoms with E-state index in [-0.39, 0.29) is 24.4 Å². The van der Waals surface area contributed by atoms with Crippen molar-refractivity contribution in [2.45, 2.75) is 38.8 Å². The average Bonchev–Trinajstić information content (AvgIpc) is 3.04. The highest BCUT2D eigenvalue weighted by atomic mass is 35.5. The number of carbonyl (C=O) groups is 1. The van der Waals surface area contributed by atoms with E-state index in [4.69, 9.17) is 5.73 Å². The number of aryl methyl sites for hydroxylation is 1. The number of aromatic nitrogens is 1. The van der Waals surface area contributed by atoms with Crippen LogP contribution in [0.25, 0.3) is 10.9 Å². The lowest BCUT2D eigenvalue weighted by molar-refractivity contribution is -0.123. The second-order valence-corrected chi connectivity index (χ2v) is 6.50. The Morgan fingerprint density at radius 1 is 1.15 bits per heavy atom. The molecule has 2 aromatic carbocycles. The van der Waals surface area contributed by atoms with Crippen LogP contribution >= 0.6 is 12.4 Å². The van der Waals surface area contributed by atoms with Crippen molar-refractivity contribution in [3.63, 3.8) is 0 Å². The van der Waals surface area contributed by atoms with E-state index in [1.165, 1.54) is 5.56 Å². The first-order valence-corrected chi connectivity index (χ1v) is 8.78. The van der Waals surface area contributed by atoms with E-state index in [9.17, 15) is 4.79 Å². The summed E-state index contributed by atoms with van der Waals surface area (Å²) >= 11 is 0. The first-order chi connectivity index (χ1) is 12.1. The van der Waals surface area contributed by atoms with Crippen LogP contribution in [0.4, 0.5) is 0 Å². The summed E-state index contributed by atoms with van der Waals surface area (Å²) in [6.45, 7) is 4.11. The van der Waals surface area contributed by atoms with Crippen LogP contribution in [0.2, 0.25) is 0 Å². The van der Waals surface area contributed by atoms with Crippen molar-refractivity contribution >= 4 is 29.2 Å². The second-order valence-electron chi connectivity index (χ2n) is 6.50. The first kappa shape index (κ1) is 20.0. The van der Waals surface area contributed by atoms with E-state index in [1.54, 1.807) is 0 Å². The zero-order valence-electron chi connectivity index (χ0n) is 15.2. The predicted molar refractivity (Wildman–Crippen MR) is 110 cm³/mol. The lowest BCUT2D eigenvalue weighted by Crippen LogP contribution is -2.42.